The molecule has 148 valence electrons. The number of halogens is 5. The molecule has 0 aliphatic rings. The first kappa shape index (κ1) is 20.4. The van der Waals surface area contributed by atoms with E-state index in [1.807, 2.05) is 0 Å². The van der Waals surface area contributed by atoms with Gasteiger partial charge in [0.25, 0.3) is 5.91 Å². The quantitative estimate of drug-likeness (QED) is 0.616. The molecule has 0 saturated carbocycles. The Morgan fingerprint density at radius 1 is 1.25 bits per heavy atom. The molecular formula is C17H13Cl2F3N4O2. The summed E-state index contributed by atoms with van der Waals surface area (Å²) in [4.78, 5) is 16.4. The first-order valence-corrected chi connectivity index (χ1v) is 8.67. The Bertz CT molecular complexity index is 1020. The number of nitrogens with one attached hydrogen (secondary N) is 1. The normalized spacial score (nSPS) is 11.8. The number of ether oxygens (including phenoxy) is 1. The highest BCUT2D eigenvalue weighted by Crippen LogP contribution is 2.34. The number of benzene rings is 1. The number of hydrogen-bond acceptors (Lipinski definition) is 4. The number of rotatable bonds is 5. The lowest BCUT2D eigenvalue weighted by molar-refractivity contribution is -0.142. The number of alkyl halides is 3. The van der Waals surface area contributed by atoms with E-state index < -0.39 is 17.8 Å². The monoisotopic (exact) mass is 432 g/mol. The van der Waals surface area contributed by atoms with Gasteiger partial charge in [-0.2, -0.15) is 18.3 Å². The molecule has 0 radical (unpaired) electrons. The fourth-order valence-electron chi connectivity index (χ4n) is 2.46. The van der Waals surface area contributed by atoms with Gasteiger partial charge in [-0.3, -0.25) is 4.79 Å². The third-order valence-corrected chi connectivity index (χ3v) is 4.37. The molecule has 0 fully saturated rings. The number of methoxy groups -OCH3 is 1. The predicted molar refractivity (Wildman–Crippen MR) is 97.7 cm³/mol. The fraction of sp³-hybridized carbons (Fsp3) is 0.235. The summed E-state index contributed by atoms with van der Waals surface area (Å²) in [7, 11) is 1.45. The zero-order valence-electron chi connectivity index (χ0n) is 14.3. The largest absolute Gasteiger partial charge is 0.433 e. The summed E-state index contributed by atoms with van der Waals surface area (Å²) in [5, 5.41) is 6.35. The summed E-state index contributed by atoms with van der Waals surface area (Å²) in [5.74, 6) is -0.728. The maximum atomic E-state index is 13.6. The smallest absolute Gasteiger partial charge is 0.383 e. The molecule has 0 saturated heterocycles. The molecule has 1 N–H and O–H groups in total. The molecule has 0 unspecified atom stereocenters. The first-order valence-electron chi connectivity index (χ1n) is 7.92. The van der Waals surface area contributed by atoms with Crippen LogP contribution in [0.4, 0.5) is 13.2 Å². The molecule has 0 spiro atoms. The van der Waals surface area contributed by atoms with Crippen molar-refractivity contribution < 1.29 is 22.7 Å². The molecule has 2 aromatic heterocycles. The molecule has 1 amide bonds. The summed E-state index contributed by atoms with van der Waals surface area (Å²) < 4.78 is 46.1. The van der Waals surface area contributed by atoms with E-state index in [4.69, 9.17) is 27.9 Å². The van der Waals surface area contributed by atoms with Gasteiger partial charge in [0.15, 0.2) is 17.0 Å². The summed E-state index contributed by atoms with van der Waals surface area (Å²) in [6, 6.07) is 6.96. The second-order valence-corrected chi connectivity index (χ2v) is 6.49. The molecule has 0 bridgehead atoms. The van der Waals surface area contributed by atoms with Crippen molar-refractivity contribution in [2.75, 3.05) is 20.3 Å². The molecule has 11 heteroatoms. The van der Waals surface area contributed by atoms with Crippen molar-refractivity contribution >= 4 is 34.8 Å². The van der Waals surface area contributed by atoms with E-state index in [1.165, 1.54) is 31.4 Å². The molecule has 0 aliphatic heterocycles. The Morgan fingerprint density at radius 2 is 1.93 bits per heavy atom. The van der Waals surface area contributed by atoms with Crippen molar-refractivity contribution in [3.8, 4) is 11.3 Å². The van der Waals surface area contributed by atoms with E-state index in [0.717, 1.165) is 6.07 Å². The highest BCUT2D eigenvalue weighted by atomic mass is 35.5. The molecule has 6 nitrogen and oxygen atoms in total. The number of amides is 1. The summed E-state index contributed by atoms with van der Waals surface area (Å²) >= 11 is 12.0. The van der Waals surface area contributed by atoms with E-state index >= 15 is 0 Å². The molecule has 1 aromatic carbocycles. The molecule has 28 heavy (non-hydrogen) atoms. The topological polar surface area (TPSA) is 68.5 Å². The standard InChI is InChI=1S/C17H13Cl2F3N4O2/c1-28-7-6-23-16(27)14-13(19)15-24-11(9-2-4-10(18)5-3-9)8-12(17(20,21)22)26(15)25-14/h2-5,8H,6-7H2,1H3,(H,23,27). The summed E-state index contributed by atoms with van der Waals surface area (Å²) in [6.45, 7) is 0.374. The van der Waals surface area contributed by atoms with Crippen molar-refractivity contribution in [3.63, 3.8) is 0 Å². The van der Waals surface area contributed by atoms with Gasteiger partial charge in [-0.15, -0.1) is 0 Å². The minimum atomic E-state index is -4.75. The van der Waals surface area contributed by atoms with Crippen molar-refractivity contribution in [1.82, 2.24) is 19.9 Å². The zero-order valence-corrected chi connectivity index (χ0v) is 15.9. The number of nitrogens with zero attached hydrogens (tertiary/aromatic N) is 3. The first-order chi connectivity index (χ1) is 13.2. The van der Waals surface area contributed by atoms with Crippen LogP contribution in [0, 0.1) is 0 Å². The van der Waals surface area contributed by atoms with Crippen LogP contribution in [0.3, 0.4) is 0 Å². The fourth-order valence-corrected chi connectivity index (χ4v) is 2.83. The Hall–Kier alpha value is -2.36. The molecule has 3 rings (SSSR count). The Morgan fingerprint density at radius 3 is 2.54 bits per heavy atom. The van der Waals surface area contributed by atoms with Crippen LogP contribution in [0.25, 0.3) is 16.9 Å². The van der Waals surface area contributed by atoms with Crippen LogP contribution in [0.1, 0.15) is 16.2 Å². The third kappa shape index (κ3) is 4.06. The van der Waals surface area contributed by atoms with Gasteiger partial charge in [-0.05, 0) is 18.2 Å². The van der Waals surface area contributed by atoms with Gasteiger partial charge >= 0.3 is 6.18 Å². The minimum Gasteiger partial charge on any atom is -0.383 e. The second kappa shape index (κ2) is 7.94. The average Bonchev–Trinajstić information content (AvgIpc) is 2.98. The van der Waals surface area contributed by atoms with E-state index in [-0.39, 0.29) is 35.2 Å². The highest BCUT2D eigenvalue weighted by molar-refractivity contribution is 6.36. The van der Waals surface area contributed by atoms with E-state index in [0.29, 0.717) is 15.1 Å². The lowest BCUT2D eigenvalue weighted by Gasteiger charge is -2.11. The molecule has 0 aliphatic carbocycles. The maximum absolute atomic E-state index is 13.6. The lowest BCUT2D eigenvalue weighted by Crippen LogP contribution is -2.27. The van der Waals surface area contributed by atoms with Crippen molar-refractivity contribution in [2.24, 2.45) is 0 Å². The average molecular weight is 433 g/mol. The summed E-state index contributed by atoms with van der Waals surface area (Å²) in [6.07, 6.45) is -4.75. The Balaban J connectivity index is 2.15. The number of hydrogen-bond donors (Lipinski definition) is 1. The summed E-state index contributed by atoms with van der Waals surface area (Å²) in [5.41, 5.74) is -1.33. The number of aromatic nitrogens is 3. The number of carbonyl (C=O) groups excluding carboxylic acids is 1. The van der Waals surface area contributed by atoms with E-state index in [1.54, 1.807) is 0 Å². The molecular weight excluding hydrogens is 420 g/mol. The van der Waals surface area contributed by atoms with Crippen LogP contribution in [0.2, 0.25) is 10.0 Å². The van der Waals surface area contributed by atoms with Crippen LogP contribution in [0.5, 0.6) is 0 Å². The van der Waals surface area contributed by atoms with Crippen LogP contribution >= 0.6 is 23.2 Å². The van der Waals surface area contributed by atoms with Gasteiger partial charge in [-0.1, -0.05) is 35.3 Å². The van der Waals surface area contributed by atoms with Gasteiger partial charge in [0, 0.05) is 24.2 Å². The molecule has 0 atom stereocenters. The van der Waals surface area contributed by atoms with Crippen LogP contribution < -0.4 is 5.32 Å². The van der Waals surface area contributed by atoms with Crippen molar-refractivity contribution in [1.29, 1.82) is 0 Å². The van der Waals surface area contributed by atoms with Crippen LogP contribution in [0.15, 0.2) is 30.3 Å². The SMILES string of the molecule is COCCNC(=O)c1nn2c(C(F)(F)F)cc(-c3ccc(Cl)cc3)nc2c1Cl. The Kier molecular flexibility index (Phi) is 5.78. The van der Waals surface area contributed by atoms with Gasteiger partial charge in [0.05, 0.1) is 12.3 Å². The van der Waals surface area contributed by atoms with Crippen molar-refractivity contribution in [3.05, 3.63) is 51.8 Å². The van der Waals surface area contributed by atoms with Crippen LogP contribution in [-0.4, -0.2) is 40.8 Å². The van der Waals surface area contributed by atoms with Gasteiger partial charge in [0.1, 0.15) is 5.02 Å². The Labute approximate surface area is 167 Å². The predicted octanol–water partition coefficient (Wildman–Crippen LogP) is 4.10. The number of fused-ring (bicyclic) bond motifs is 1. The van der Waals surface area contributed by atoms with E-state index in [9.17, 15) is 18.0 Å². The van der Waals surface area contributed by atoms with Gasteiger partial charge in [0.2, 0.25) is 0 Å². The van der Waals surface area contributed by atoms with Gasteiger partial charge in [-0.25, -0.2) is 9.50 Å². The maximum Gasteiger partial charge on any atom is 0.433 e. The van der Waals surface area contributed by atoms with E-state index in [2.05, 4.69) is 15.4 Å². The number of carbonyl (C=O) groups is 1. The third-order valence-electron chi connectivity index (χ3n) is 3.77. The highest BCUT2D eigenvalue weighted by Gasteiger charge is 2.36. The minimum absolute atomic E-state index is 0.0182. The second-order valence-electron chi connectivity index (χ2n) is 5.68. The molecule has 2 heterocycles. The van der Waals surface area contributed by atoms with Crippen LogP contribution in [-0.2, 0) is 10.9 Å². The molecule has 3 aromatic rings. The van der Waals surface area contributed by atoms with Crippen molar-refractivity contribution in [2.45, 2.75) is 6.18 Å². The zero-order chi connectivity index (χ0) is 20.5. The lowest BCUT2D eigenvalue weighted by atomic mass is 10.1. The van der Waals surface area contributed by atoms with Gasteiger partial charge < -0.3 is 10.1 Å².